The van der Waals surface area contributed by atoms with Crippen molar-refractivity contribution in [2.45, 2.75) is 45.6 Å². The summed E-state index contributed by atoms with van der Waals surface area (Å²) in [6, 6.07) is 10.8. The third-order valence-electron chi connectivity index (χ3n) is 5.93. The first kappa shape index (κ1) is 21.5. The molecule has 1 aliphatic heterocycles. The minimum Gasteiger partial charge on any atom is -0.354 e. The van der Waals surface area contributed by atoms with Crippen molar-refractivity contribution in [2.75, 3.05) is 26.2 Å². The zero-order valence-electron chi connectivity index (χ0n) is 17.9. The Morgan fingerprint density at radius 2 is 1.76 bits per heavy atom. The average Bonchev–Trinajstić information content (AvgIpc) is 2.71. The zero-order chi connectivity index (χ0) is 20.7. The van der Waals surface area contributed by atoms with Gasteiger partial charge in [0.2, 0.25) is 5.91 Å². The third-order valence-corrected chi connectivity index (χ3v) is 5.93. The SMILES string of the molecule is CC(=O)NCC(NCCC1CCNCC1)(c1ccncc1)c1cc(C)cc(C)c1. The molecule has 1 aromatic heterocycles. The Kier molecular flexibility index (Phi) is 7.40. The standard InChI is InChI=1S/C24H34N4O/c1-18-14-19(2)16-23(15-18)24(17-27-20(3)29,22-7-11-26-12-8-22)28-13-6-21-4-9-25-10-5-21/h7-8,11-12,14-16,21,25,28H,4-6,9-10,13,17H2,1-3H3,(H,27,29). The van der Waals surface area contributed by atoms with Crippen molar-refractivity contribution in [3.05, 3.63) is 65.0 Å². The van der Waals surface area contributed by atoms with Gasteiger partial charge >= 0.3 is 0 Å². The van der Waals surface area contributed by atoms with Crippen molar-refractivity contribution in [3.8, 4) is 0 Å². The van der Waals surface area contributed by atoms with Crippen molar-refractivity contribution in [2.24, 2.45) is 5.92 Å². The van der Waals surface area contributed by atoms with Gasteiger partial charge in [-0.25, -0.2) is 0 Å². The van der Waals surface area contributed by atoms with Gasteiger partial charge in [0, 0.05) is 25.9 Å². The smallest absolute Gasteiger partial charge is 0.216 e. The molecule has 0 radical (unpaired) electrons. The van der Waals surface area contributed by atoms with Crippen LogP contribution >= 0.6 is 0 Å². The largest absolute Gasteiger partial charge is 0.354 e. The number of nitrogens with one attached hydrogen (secondary N) is 3. The van der Waals surface area contributed by atoms with E-state index in [0.29, 0.717) is 6.54 Å². The molecule has 29 heavy (non-hydrogen) atoms. The number of piperidine rings is 1. The predicted molar refractivity (Wildman–Crippen MR) is 118 cm³/mol. The maximum absolute atomic E-state index is 11.8. The first-order valence-corrected chi connectivity index (χ1v) is 10.7. The minimum atomic E-state index is -0.488. The number of amides is 1. The van der Waals surface area contributed by atoms with Crippen LogP contribution in [0.25, 0.3) is 0 Å². The van der Waals surface area contributed by atoms with Crippen LogP contribution in [0.3, 0.4) is 0 Å². The minimum absolute atomic E-state index is 0.0204. The maximum atomic E-state index is 11.8. The second kappa shape index (κ2) is 9.99. The number of aromatic nitrogens is 1. The van der Waals surface area contributed by atoms with Gasteiger partial charge < -0.3 is 16.0 Å². The highest BCUT2D eigenvalue weighted by Gasteiger charge is 2.34. The lowest BCUT2D eigenvalue weighted by molar-refractivity contribution is -0.119. The number of rotatable bonds is 8. The lowest BCUT2D eigenvalue weighted by Crippen LogP contribution is -2.52. The topological polar surface area (TPSA) is 66.1 Å². The Labute approximate surface area is 174 Å². The number of pyridine rings is 1. The third kappa shape index (κ3) is 5.64. The summed E-state index contributed by atoms with van der Waals surface area (Å²) < 4.78 is 0. The van der Waals surface area contributed by atoms with Crippen molar-refractivity contribution >= 4 is 5.91 Å². The van der Waals surface area contributed by atoms with Gasteiger partial charge in [-0.3, -0.25) is 9.78 Å². The monoisotopic (exact) mass is 394 g/mol. The normalized spacial score (nSPS) is 16.9. The number of benzene rings is 1. The van der Waals surface area contributed by atoms with Crippen LogP contribution < -0.4 is 16.0 Å². The molecule has 1 fully saturated rings. The quantitative estimate of drug-likeness (QED) is 0.644. The predicted octanol–water partition coefficient (Wildman–Crippen LogP) is 3.06. The zero-order valence-corrected chi connectivity index (χ0v) is 17.9. The molecular weight excluding hydrogens is 360 g/mol. The lowest BCUT2D eigenvalue weighted by atomic mass is 9.81. The number of nitrogens with zero attached hydrogens (tertiary/aromatic N) is 1. The van der Waals surface area contributed by atoms with E-state index in [1.54, 1.807) is 6.92 Å². The number of aryl methyl sites for hydroxylation is 2. The van der Waals surface area contributed by atoms with E-state index >= 15 is 0 Å². The van der Waals surface area contributed by atoms with Gasteiger partial charge in [0.05, 0.1) is 5.54 Å². The van der Waals surface area contributed by atoms with E-state index in [4.69, 9.17) is 0 Å². The number of carbonyl (C=O) groups excluding carboxylic acids is 1. The average molecular weight is 395 g/mol. The van der Waals surface area contributed by atoms with Gasteiger partial charge in [-0.15, -0.1) is 0 Å². The Hall–Kier alpha value is -2.24. The van der Waals surface area contributed by atoms with E-state index in [-0.39, 0.29) is 5.91 Å². The fourth-order valence-corrected chi connectivity index (χ4v) is 4.41. The number of carbonyl (C=O) groups is 1. The fraction of sp³-hybridized carbons (Fsp3) is 0.500. The molecule has 1 aromatic carbocycles. The van der Waals surface area contributed by atoms with Crippen molar-refractivity contribution < 1.29 is 4.79 Å². The van der Waals surface area contributed by atoms with Gasteiger partial charge in [0.1, 0.15) is 0 Å². The Morgan fingerprint density at radius 1 is 1.10 bits per heavy atom. The van der Waals surface area contributed by atoms with Gasteiger partial charge in [-0.05, 0) is 81.9 Å². The van der Waals surface area contributed by atoms with Crippen LogP contribution in [0, 0.1) is 19.8 Å². The molecule has 0 spiro atoms. The molecule has 1 saturated heterocycles. The highest BCUT2D eigenvalue weighted by Crippen LogP contribution is 2.31. The molecule has 2 heterocycles. The van der Waals surface area contributed by atoms with Crippen molar-refractivity contribution in [1.29, 1.82) is 0 Å². The first-order chi connectivity index (χ1) is 14.0. The molecule has 1 atom stereocenters. The summed E-state index contributed by atoms with van der Waals surface area (Å²) in [7, 11) is 0. The summed E-state index contributed by atoms with van der Waals surface area (Å²) in [4.78, 5) is 16.1. The van der Waals surface area contributed by atoms with Crippen molar-refractivity contribution in [1.82, 2.24) is 20.9 Å². The van der Waals surface area contributed by atoms with Crippen molar-refractivity contribution in [3.63, 3.8) is 0 Å². The van der Waals surface area contributed by atoms with Gasteiger partial charge in [-0.1, -0.05) is 29.3 Å². The summed E-state index contributed by atoms with van der Waals surface area (Å²) in [5.41, 5.74) is 4.26. The lowest BCUT2D eigenvalue weighted by Gasteiger charge is -2.37. The van der Waals surface area contributed by atoms with Crippen LogP contribution in [0.15, 0.2) is 42.7 Å². The fourth-order valence-electron chi connectivity index (χ4n) is 4.41. The summed E-state index contributed by atoms with van der Waals surface area (Å²) in [6.07, 6.45) is 7.27. The molecule has 2 aromatic rings. The highest BCUT2D eigenvalue weighted by atomic mass is 16.1. The van der Waals surface area contributed by atoms with E-state index in [9.17, 15) is 4.79 Å². The first-order valence-electron chi connectivity index (χ1n) is 10.7. The molecule has 156 valence electrons. The number of hydrogen-bond acceptors (Lipinski definition) is 4. The second-order valence-corrected chi connectivity index (χ2v) is 8.34. The molecule has 0 bridgehead atoms. The highest BCUT2D eigenvalue weighted by molar-refractivity contribution is 5.73. The van der Waals surface area contributed by atoms with E-state index < -0.39 is 5.54 Å². The molecule has 0 aliphatic carbocycles. The van der Waals surface area contributed by atoms with E-state index in [1.165, 1.54) is 29.5 Å². The Morgan fingerprint density at radius 3 is 2.38 bits per heavy atom. The van der Waals surface area contributed by atoms with Gasteiger partial charge in [-0.2, -0.15) is 0 Å². The molecule has 1 unspecified atom stereocenters. The van der Waals surface area contributed by atoms with E-state index in [0.717, 1.165) is 37.5 Å². The molecule has 1 amide bonds. The summed E-state index contributed by atoms with van der Waals surface area (Å²) in [6.45, 7) is 9.46. The molecule has 0 saturated carbocycles. The van der Waals surface area contributed by atoms with Crippen LogP contribution in [0.1, 0.15) is 48.4 Å². The van der Waals surface area contributed by atoms with Gasteiger partial charge in [0.15, 0.2) is 0 Å². The summed E-state index contributed by atoms with van der Waals surface area (Å²) in [5, 5.41) is 10.4. The Bertz CT molecular complexity index is 782. The van der Waals surface area contributed by atoms with Crippen LogP contribution in [0.2, 0.25) is 0 Å². The van der Waals surface area contributed by atoms with Crippen LogP contribution in [-0.4, -0.2) is 37.1 Å². The molecule has 3 N–H and O–H groups in total. The van der Waals surface area contributed by atoms with Crippen LogP contribution in [0.4, 0.5) is 0 Å². The number of hydrogen-bond donors (Lipinski definition) is 3. The molecular formula is C24H34N4O. The van der Waals surface area contributed by atoms with Gasteiger partial charge in [0.25, 0.3) is 0 Å². The summed E-state index contributed by atoms with van der Waals surface area (Å²) in [5.74, 6) is 0.729. The molecule has 3 rings (SSSR count). The summed E-state index contributed by atoms with van der Waals surface area (Å²) >= 11 is 0. The van der Waals surface area contributed by atoms with E-state index in [1.807, 2.05) is 12.4 Å². The Balaban J connectivity index is 1.95. The van der Waals surface area contributed by atoms with Crippen LogP contribution in [0.5, 0.6) is 0 Å². The van der Waals surface area contributed by atoms with E-state index in [2.05, 4.69) is 65.1 Å². The second-order valence-electron chi connectivity index (χ2n) is 8.34. The molecule has 5 heteroatoms. The molecule has 5 nitrogen and oxygen atoms in total. The van der Waals surface area contributed by atoms with Crippen LogP contribution in [-0.2, 0) is 10.3 Å². The molecule has 1 aliphatic rings. The maximum Gasteiger partial charge on any atom is 0.216 e.